The number of imidazole rings is 1. The maximum atomic E-state index is 16.1. The average molecular weight is 604 g/mol. The summed E-state index contributed by atoms with van der Waals surface area (Å²) < 4.78 is 56.0. The van der Waals surface area contributed by atoms with Crippen molar-refractivity contribution in [1.82, 2.24) is 39.8 Å². The van der Waals surface area contributed by atoms with Crippen LogP contribution in [0.25, 0.3) is 56.0 Å². The van der Waals surface area contributed by atoms with Crippen LogP contribution >= 0.6 is 0 Å². The highest BCUT2D eigenvalue weighted by atomic mass is 32.2. The van der Waals surface area contributed by atoms with Crippen molar-refractivity contribution in [2.75, 3.05) is 11.6 Å². The molecule has 0 radical (unpaired) electrons. The van der Waals surface area contributed by atoms with Crippen LogP contribution in [0, 0.1) is 11.6 Å². The topological polar surface area (TPSA) is 171 Å². The molecule has 4 N–H and O–H groups in total. The van der Waals surface area contributed by atoms with Crippen LogP contribution < -0.4 is 10.0 Å². The summed E-state index contributed by atoms with van der Waals surface area (Å²) in [5, 5.41) is 9.87. The number of benzene rings is 1. The fourth-order valence-electron chi connectivity index (χ4n) is 4.62. The van der Waals surface area contributed by atoms with E-state index in [0.717, 1.165) is 6.26 Å². The van der Waals surface area contributed by atoms with Crippen LogP contribution in [0.15, 0.2) is 55.1 Å². The number of carbonyl (C=O) groups is 1. The van der Waals surface area contributed by atoms with Gasteiger partial charge in [-0.1, -0.05) is 6.92 Å². The number of anilines is 1. The van der Waals surface area contributed by atoms with Gasteiger partial charge in [0.05, 0.1) is 40.8 Å². The molecule has 0 fully saturated rings. The molecule has 6 rings (SSSR count). The van der Waals surface area contributed by atoms with Crippen LogP contribution in [-0.2, 0) is 21.4 Å². The summed E-state index contributed by atoms with van der Waals surface area (Å²) in [7, 11) is -3.48. The number of nitrogens with zero attached hydrogens (tertiary/aromatic N) is 5. The maximum Gasteiger partial charge on any atom is 0.224 e. The second-order valence-electron chi connectivity index (χ2n) is 9.73. The molecule has 218 valence electrons. The first-order valence-corrected chi connectivity index (χ1v) is 14.9. The number of hydrogen-bond acceptors (Lipinski definition) is 8. The van der Waals surface area contributed by atoms with Crippen molar-refractivity contribution in [2.24, 2.45) is 0 Å². The third-order valence-corrected chi connectivity index (χ3v) is 7.25. The van der Waals surface area contributed by atoms with Gasteiger partial charge in [0, 0.05) is 36.5 Å². The molecular weight excluding hydrogens is 580 g/mol. The number of halogens is 2. The summed E-state index contributed by atoms with van der Waals surface area (Å²) in [4.78, 5) is 32.1. The molecular formula is C28H23F2N9O3S. The summed E-state index contributed by atoms with van der Waals surface area (Å²) in [6.07, 6.45) is 7.13. The number of hydrogen-bond donors (Lipinski definition) is 4. The molecule has 0 unspecified atom stereocenters. The highest BCUT2D eigenvalue weighted by molar-refractivity contribution is 7.88. The Labute approximate surface area is 243 Å². The molecule has 5 heterocycles. The van der Waals surface area contributed by atoms with E-state index in [0.29, 0.717) is 39.0 Å². The van der Waals surface area contributed by atoms with E-state index in [1.807, 2.05) is 0 Å². The molecule has 15 heteroatoms. The van der Waals surface area contributed by atoms with E-state index in [1.54, 1.807) is 25.1 Å². The zero-order valence-corrected chi connectivity index (χ0v) is 23.6. The normalized spacial score (nSPS) is 11.8. The van der Waals surface area contributed by atoms with Crippen LogP contribution in [-0.4, -0.2) is 55.7 Å². The molecule has 0 saturated carbocycles. The summed E-state index contributed by atoms with van der Waals surface area (Å²) in [6, 6.07) is 7.45. The van der Waals surface area contributed by atoms with Crippen molar-refractivity contribution >= 4 is 43.7 Å². The molecule has 0 spiro atoms. The number of carbonyl (C=O) groups excluding carboxylic acids is 1. The van der Waals surface area contributed by atoms with Gasteiger partial charge in [-0.15, -0.1) is 0 Å². The fraction of sp³-hybridized carbons (Fsp3) is 0.143. The van der Waals surface area contributed by atoms with E-state index in [-0.39, 0.29) is 47.1 Å². The van der Waals surface area contributed by atoms with Gasteiger partial charge in [0.15, 0.2) is 17.3 Å². The third-order valence-electron chi connectivity index (χ3n) is 6.58. The van der Waals surface area contributed by atoms with E-state index in [1.165, 1.54) is 36.9 Å². The molecule has 0 aliphatic rings. The molecule has 0 aliphatic carbocycles. The summed E-state index contributed by atoms with van der Waals surface area (Å²) in [6.45, 7) is 1.62. The lowest BCUT2D eigenvalue weighted by atomic mass is 10.0. The minimum absolute atomic E-state index is 0.000153. The number of fused-ring (bicyclic) bond motifs is 2. The Morgan fingerprint density at radius 2 is 1.86 bits per heavy atom. The number of nitrogens with one attached hydrogen (secondary N) is 4. The summed E-state index contributed by atoms with van der Waals surface area (Å²) in [5.74, 6) is -1.24. The Kier molecular flexibility index (Phi) is 7.11. The second-order valence-corrected chi connectivity index (χ2v) is 11.6. The number of aromatic amines is 2. The zero-order chi connectivity index (χ0) is 30.3. The van der Waals surface area contributed by atoms with Crippen molar-refractivity contribution in [3.05, 3.63) is 72.3 Å². The van der Waals surface area contributed by atoms with Crippen LogP contribution in [0.3, 0.4) is 0 Å². The molecule has 0 atom stereocenters. The van der Waals surface area contributed by atoms with Gasteiger partial charge in [0.1, 0.15) is 17.2 Å². The minimum Gasteiger partial charge on any atom is -0.335 e. The smallest absolute Gasteiger partial charge is 0.224 e. The number of pyridine rings is 3. The van der Waals surface area contributed by atoms with Crippen LogP contribution in [0.5, 0.6) is 0 Å². The Morgan fingerprint density at radius 1 is 1.02 bits per heavy atom. The molecule has 43 heavy (non-hydrogen) atoms. The average Bonchev–Trinajstić information content (AvgIpc) is 3.60. The van der Waals surface area contributed by atoms with Crippen molar-refractivity contribution < 1.29 is 22.0 Å². The van der Waals surface area contributed by atoms with Gasteiger partial charge in [0.25, 0.3) is 0 Å². The number of sulfonamides is 1. The first-order chi connectivity index (χ1) is 20.6. The Morgan fingerprint density at radius 3 is 2.65 bits per heavy atom. The molecule has 6 aromatic rings. The number of rotatable bonds is 8. The lowest BCUT2D eigenvalue weighted by Crippen LogP contribution is -2.21. The van der Waals surface area contributed by atoms with Crippen LogP contribution in [0.4, 0.5) is 14.5 Å². The largest absolute Gasteiger partial charge is 0.335 e. The number of aromatic nitrogens is 7. The van der Waals surface area contributed by atoms with Crippen molar-refractivity contribution in [1.29, 1.82) is 0 Å². The van der Waals surface area contributed by atoms with E-state index >= 15 is 4.39 Å². The SMILES string of the molecule is CCC(=O)Nc1cncc(-c2ncc3[nH]nc(-c4nc5nccc(-c6cc(F)cc(CNS(C)(=O)=O)c6)c5[nH]4)c3c2F)c1. The standard InChI is InChI=1S/C28H23F2N9O3S/c1-3-21(40)35-18-9-16(11-31-12-18)24-23(30)22-20(13-33-24)38-39-26(22)28-36-25-19(4-5-32-27(25)37-28)15-6-14(7-17(29)8-15)10-34-43(2,41)42/h4-9,11-13,34H,3,10H2,1-2H3,(H,35,40)(H,38,39)(H,32,36,37). The van der Waals surface area contributed by atoms with E-state index in [2.05, 4.69) is 45.2 Å². The molecule has 0 bridgehead atoms. The predicted octanol–water partition coefficient (Wildman–Crippen LogP) is 4.30. The van der Waals surface area contributed by atoms with E-state index in [4.69, 9.17) is 0 Å². The quantitative estimate of drug-likeness (QED) is 0.199. The highest BCUT2D eigenvalue weighted by Crippen LogP contribution is 2.34. The first-order valence-electron chi connectivity index (χ1n) is 13.0. The summed E-state index contributed by atoms with van der Waals surface area (Å²) in [5.41, 5.74) is 3.38. The highest BCUT2D eigenvalue weighted by Gasteiger charge is 2.22. The molecule has 0 aliphatic heterocycles. The Hall–Kier alpha value is -5.15. The molecule has 0 saturated heterocycles. The van der Waals surface area contributed by atoms with Gasteiger partial charge < -0.3 is 10.3 Å². The van der Waals surface area contributed by atoms with Crippen LogP contribution in [0.1, 0.15) is 18.9 Å². The Balaban J connectivity index is 1.42. The van der Waals surface area contributed by atoms with Crippen molar-refractivity contribution in [2.45, 2.75) is 19.9 Å². The van der Waals surface area contributed by atoms with Gasteiger partial charge in [-0.25, -0.2) is 31.9 Å². The Bertz CT molecular complexity index is 2140. The summed E-state index contributed by atoms with van der Waals surface area (Å²) >= 11 is 0. The number of amides is 1. The third kappa shape index (κ3) is 5.67. The molecule has 1 aromatic carbocycles. The fourth-order valence-corrected chi connectivity index (χ4v) is 5.05. The lowest BCUT2D eigenvalue weighted by Gasteiger charge is -2.08. The van der Waals surface area contributed by atoms with Gasteiger partial charge in [0.2, 0.25) is 15.9 Å². The van der Waals surface area contributed by atoms with E-state index < -0.39 is 21.7 Å². The van der Waals surface area contributed by atoms with Gasteiger partial charge >= 0.3 is 0 Å². The first kappa shape index (κ1) is 28.0. The molecule has 12 nitrogen and oxygen atoms in total. The lowest BCUT2D eigenvalue weighted by molar-refractivity contribution is -0.115. The zero-order valence-electron chi connectivity index (χ0n) is 22.7. The molecule has 5 aromatic heterocycles. The predicted molar refractivity (Wildman–Crippen MR) is 156 cm³/mol. The van der Waals surface area contributed by atoms with E-state index in [9.17, 15) is 17.6 Å². The maximum absolute atomic E-state index is 16.1. The van der Waals surface area contributed by atoms with Gasteiger partial charge in [-0.2, -0.15) is 5.10 Å². The second kappa shape index (κ2) is 10.9. The minimum atomic E-state index is -3.48. The molecule has 1 amide bonds. The van der Waals surface area contributed by atoms with Crippen LogP contribution in [0.2, 0.25) is 0 Å². The number of H-pyrrole nitrogens is 2. The van der Waals surface area contributed by atoms with Gasteiger partial charge in [-0.3, -0.25) is 19.9 Å². The van der Waals surface area contributed by atoms with Crippen molar-refractivity contribution in [3.8, 4) is 33.9 Å². The monoisotopic (exact) mass is 603 g/mol. The van der Waals surface area contributed by atoms with Crippen molar-refractivity contribution in [3.63, 3.8) is 0 Å². The van der Waals surface area contributed by atoms with Gasteiger partial charge in [-0.05, 0) is 41.5 Å².